The molecule has 4 aliphatic carbocycles. The van der Waals surface area contributed by atoms with E-state index in [4.69, 9.17) is 0 Å². The average molecular weight is 511 g/mol. The number of hydrogen-bond acceptors (Lipinski definition) is 4. The van der Waals surface area contributed by atoms with Crippen molar-refractivity contribution in [2.24, 2.45) is 31.8 Å². The van der Waals surface area contributed by atoms with Gasteiger partial charge in [-0.15, -0.1) is 0 Å². The number of anilines is 1. The number of fused-ring (bicyclic) bond motifs is 1. The van der Waals surface area contributed by atoms with E-state index in [0.717, 1.165) is 28.2 Å². The normalized spacial score (nSPS) is 29.5. The van der Waals surface area contributed by atoms with Crippen LogP contribution in [-0.2, 0) is 29.1 Å². The highest BCUT2D eigenvalue weighted by atomic mass is 16.2. The Morgan fingerprint density at radius 2 is 1.42 bits per heavy atom. The number of hydrogen-bond donors (Lipinski definition) is 1. The fraction of sp³-hybridized carbons (Fsp3) is 0.400. The maximum absolute atomic E-state index is 13.5. The van der Waals surface area contributed by atoms with Crippen molar-refractivity contribution in [3.63, 3.8) is 0 Å². The molecule has 2 heterocycles. The van der Waals surface area contributed by atoms with Gasteiger partial charge in [0.2, 0.25) is 0 Å². The number of carbonyl (C=O) groups is 3. The van der Waals surface area contributed by atoms with Gasteiger partial charge in [-0.2, -0.15) is 0 Å². The minimum absolute atomic E-state index is 0.130. The Kier molecular flexibility index (Phi) is 4.90. The van der Waals surface area contributed by atoms with Crippen LogP contribution >= 0.6 is 0 Å². The van der Waals surface area contributed by atoms with Gasteiger partial charge >= 0.3 is 11.7 Å². The number of aromatic nitrogens is 2. The summed E-state index contributed by atoms with van der Waals surface area (Å²) in [5.41, 5.74) is 3.69. The Morgan fingerprint density at radius 3 is 2.05 bits per heavy atom. The van der Waals surface area contributed by atoms with Crippen molar-refractivity contribution in [3.05, 3.63) is 69.6 Å². The molecule has 0 radical (unpaired) electrons. The molecule has 2 aromatic carbocycles. The van der Waals surface area contributed by atoms with Gasteiger partial charge in [0.15, 0.2) is 0 Å². The van der Waals surface area contributed by atoms with Crippen molar-refractivity contribution in [2.75, 3.05) is 4.90 Å². The molecule has 0 spiro atoms. The molecule has 4 saturated carbocycles. The van der Waals surface area contributed by atoms with Crippen LogP contribution in [-0.4, -0.2) is 27.0 Å². The maximum Gasteiger partial charge on any atom is 0.335 e. The van der Waals surface area contributed by atoms with Crippen LogP contribution in [0.4, 0.5) is 10.5 Å². The summed E-state index contributed by atoms with van der Waals surface area (Å²) in [6, 6.07) is 12.4. The van der Waals surface area contributed by atoms with Gasteiger partial charge < -0.3 is 0 Å². The third kappa shape index (κ3) is 3.35. The number of carbonyl (C=O) groups excluding carboxylic acids is 3. The second-order valence-electron chi connectivity index (χ2n) is 11.9. The zero-order valence-electron chi connectivity index (χ0n) is 21.6. The van der Waals surface area contributed by atoms with Crippen LogP contribution in [0.5, 0.6) is 0 Å². The zero-order valence-corrected chi connectivity index (χ0v) is 21.6. The van der Waals surface area contributed by atoms with Crippen LogP contribution in [0.2, 0.25) is 0 Å². The minimum atomic E-state index is -0.749. The lowest BCUT2D eigenvalue weighted by atomic mass is 9.48. The zero-order chi connectivity index (χ0) is 26.3. The lowest BCUT2D eigenvalue weighted by Crippen LogP contribution is -2.54. The molecule has 8 rings (SSSR count). The van der Waals surface area contributed by atoms with E-state index >= 15 is 0 Å². The third-order valence-corrected chi connectivity index (χ3v) is 9.48. The highest BCUT2D eigenvalue weighted by molar-refractivity contribution is 6.39. The Bertz CT molecular complexity index is 1590. The lowest BCUT2D eigenvalue weighted by molar-refractivity contribution is -0.122. The molecule has 0 unspecified atom stereocenters. The first-order valence-electron chi connectivity index (χ1n) is 13.4. The number of benzene rings is 2. The summed E-state index contributed by atoms with van der Waals surface area (Å²) in [5, 5.41) is 2.31. The molecular weight excluding hydrogens is 480 g/mol. The lowest BCUT2D eigenvalue weighted by Gasteiger charge is -2.57. The number of aryl methyl sites for hydroxylation is 2. The van der Waals surface area contributed by atoms with Gasteiger partial charge in [0.1, 0.15) is 5.57 Å². The van der Waals surface area contributed by atoms with Crippen LogP contribution in [0, 0.1) is 17.8 Å². The Labute approximate surface area is 219 Å². The number of urea groups is 1. The van der Waals surface area contributed by atoms with Crippen molar-refractivity contribution in [1.82, 2.24) is 14.5 Å². The smallest absolute Gasteiger partial charge is 0.295 e. The third-order valence-electron chi connectivity index (χ3n) is 9.48. The second-order valence-corrected chi connectivity index (χ2v) is 11.9. The molecule has 38 heavy (non-hydrogen) atoms. The molecule has 4 amide bonds. The number of imide groups is 2. The molecule has 3 aromatic rings. The number of amides is 4. The largest absolute Gasteiger partial charge is 0.335 e. The summed E-state index contributed by atoms with van der Waals surface area (Å²) in [7, 11) is 3.37. The van der Waals surface area contributed by atoms with Crippen molar-refractivity contribution in [2.45, 2.75) is 43.9 Å². The maximum atomic E-state index is 13.5. The molecule has 5 fully saturated rings. The average Bonchev–Trinajstić information content (AvgIpc) is 3.09. The second kappa shape index (κ2) is 8.03. The van der Waals surface area contributed by atoms with Crippen LogP contribution in [0.15, 0.2) is 52.8 Å². The van der Waals surface area contributed by atoms with Crippen LogP contribution in [0.25, 0.3) is 17.1 Å². The van der Waals surface area contributed by atoms with Crippen molar-refractivity contribution in [3.8, 4) is 0 Å². The van der Waals surface area contributed by atoms with E-state index in [9.17, 15) is 19.2 Å². The first-order valence-corrected chi connectivity index (χ1v) is 13.4. The van der Waals surface area contributed by atoms with Gasteiger partial charge in [-0.25, -0.2) is 14.5 Å². The molecule has 1 N–H and O–H groups in total. The summed E-state index contributed by atoms with van der Waals surface area (Å²) in [6.07, 6.45) is 9.29. The summed E-state index contributed by atoms with van der Waals surface area (Å²) < 4.78 is 3.06. The molecule has 1 saturated heterocycles. The van der Waals surface area contributed by atoms with Crippen molar-refractivity contribution in [1.29, 1.82) is 0 Å². The Hall–Kier alpha value is -3.94. The van der Waals surface area contributed by atoms with Gasteiger partial charge in [0.05, 0.1) is 16.7 Å². The van der Waals surface area contributed by atoms with E-state index in [0.29, 0.717) is 16.8 Å². The number of rotatable bonds is 3. The molecule has 0 atom stereocenters. The number of nitrogens with zero attached hydrogens (tertiary/aromatic N) is 3. The van der Waals surface area contributed by atoms with E-state index in [1.165, 1.54) is 59.3 Å². The fourth-order valence-corrected chi connectivity index (χ4v) is 8.10. The molecular formula is C30H30N4O4. The van der Waals surface area contributed by atoms with E-state index in [1.54, 1.807) is 32.3 Å². The van der Waals surface area contributed by atoms with Gasteiger partial charge in [-0.05, 0) is 103 Å². The molecule has 1 aromatic heterocycles. The first-order chi connectivity index (χ1) is 18.2. The minimum Gasteiger partial charge on any atom is -0.295 e. The SMILES string of the molecule is Cn1c(=O)n(C)c2cc(/C=C3\C(=O)NC(=O)N(c4ccc(C56CC7CC(CC(C7)C5)C6)cc4)C3=O)ccc21. The monoisotopic (exact) mass is 510 g/mol. The molecule has 8 nitrogen and oxygen atoms in total. The fourth-order valence-electron chi connectivity index (χ4n) is 8.10. The van der Waals surface area contributed by atoms with Crippen LogP contribution in [0.3, 0.4) is 0 Å². The van der Waals surface area contributed by atoms with E-state index in [-0.39, 0.29) is 16.7 Å². The summed E-state index contributed by atoms with van der Waals surface area (Å²) >= 11 is 0. The standard InChI is InChI=1S/C30H30N4O4/c1-32-24-8-3-17(13-25(24)33(2)29(32)38)12-23-26(35)31-28(37)34(27(23)36)22-6-4-21(5-7-22)30-14-18-9-19(15-30)11-20(10-18)16-30/h3-8,12-13,18-20H,9-11,14-16H2,1-2H3,(H,31,35,37)/b23-12+. The van der Waals surface area contributed by atoms with Gasteiger partial charge in [0, 0.05) is 14.1 Å². The first kappa shape index (κ1) is 23.2. The number of imidazole rings is 1. The quantitative estimate of drug-likeness (QED) is 0.426. The summed E-state index contributed by atoms with van der Waals surface area (Å²) in [5.74, 6) is 1.08. The summed E-state index contributed by atoms with van der Waals surface area (Å²) in [6.45, 7) is 0. The van der Waals surface area contributed by atoms with Crippen molar-refractivity contribution >= 4 is 40.6 Å². The van der Waals surface area contributed by atoms with Crippen LogP contribution in [0.1, 0.15) is 49.7 Å². The highest BCUT2D eigenvalue weighted by Crippen LogP contribution is 2.60. The molecule has 8 heteroatoms. The predicted octanol–water partition coefficient (Wildman–Crippen LogP) is 4.01. The van der Waals surface area contributed by atoms with E-state index < -0.39 is 17.8 Å². The van der Waals surface area contributed by atoms with Crippen LogP contribution < -0.4 is 15.9 Å². The highest BCUT2D eigenvalue weighted by Gasteiger charge is 2.51. The Balaban J connectivity index is 1.20. The topological polar surface area (TPSA) is 93.4 Å². The Morgan fingerprint density at radius 1 is 0.816 bits per heavy atom. The molecule has 1 aliphatic heterocycles. The van der Waals surface area contributed by atoms with Gasteiger partial charge in [0.25, 0.3) is 11.8 Å². The molecule has 194 valence electrons. The predicted molar refractivity (Wildman–Crippen MR) is 143 cm³/mol. The van der Waals surface area contributed by atoms with Gasteiger partial charge in [-0.1, -0.05) is 18.2 Å². The molecule has 4 bridgehead atoms. The van der Waals surface area contributed by atoms with E-state index in [2.05, 4.69) is 17.4 Å². The summed E-state index contributed by atoms with van der Waals surface area (Å²) in [4.78, 5) is 52.3. The van der Waals surface area contributed by atoms with E-state index in [1.807, 2.05) is 12.1 Å². The van der Waals surface area contributed by atoms with Crippen molar-refractivity contribution < 1.29 is 14.4 Å². The van der Waals surface area contributed by atoms with Gasteiger partial charge in [-0.3, -0.25) is 24.0 Å². The molecule has 5 aliphatic rings. The number of nitrogens with one attached hydrogen (secondary N) is 1. The number of barbiturate groups is 1.